The third kappa shape index (κ3) is 4.81. The summed E-state index contributed by atoms with van der Waals surface area (Å²) in [5.74, 6) is 1.71. The number of hydrogen-bond acceptors (Lipinski definition) is 4. The van der Waals surface area contributed by atoms with E-state index in [2.05, 4.69) is 10.5 Å². The van der Waals surface area contributed by atoms with Crippen LogP contribution in [0.3, 0.4) is 0 Å². The molecule has 116 valence electrons. The molecular weight excluding hydrogens is 276 g/mol. The first-order valence-corrected chi connectivity index (χ1v) is 7.33. The summed E-state index contributed by atoms with van der Waals surface area (Å²) in [4.78, 5) is 0. The first-order valence-electron chi connectivity index (χ1n) is 7.33. The fourth-order valence-electron chi connectivity index (χ4n) is 2.04. The van der Waals surface area contributed by atoms with E-state index in [0.717, 1.165) is 22.6 Å². The lowest BCUT2D eigenvalue weighted by Gasteiger charge is -2.09. The minimum absolute atomic E-state index is 0.163. The van der Waals surface area contributed by atoms with Crippen molar-refractivity contribution in [2.24, 2.45) is 5.10 Å². The van der Waals surface area contributed by atoms with Gasteiger partial charge in [0.2, 0.25) is 0 Å². The zero-order chi connectivity index (χ0) is 15.8. The maximum atomic E-state index is 5.66. The molecule has 4 heteroatoms. The summed E-state index contributed by atoms with van der Waals surface area (Å²) in [6.07, 6.45) is 1.94. The van der Waals surface area contributed by atoms with Crippen LogP contribution in [0.25, 0.3) is 0 Å². The first-order chi connectivity index (χ1) is 10.7. The lowest BCUT2D eigenvalue weighted by atomic mass is 10.2. The molecule has 0 unspecified atom stereocenters. The van der Waals surface area contributed by atoms with E-state index in [0.29, 0.717) is 6.54 Å². The van der Waals surface area contributed by atoms with Crippen molar-refractivity contribution in [2.45, 2.75) is 26.5 Å². The van der Waals surface area contributed by atoms with E-state index in [-0.39, 0.29) is 6.10 Å². The first kappa shape index (κ1) is 15.9. The maximum absolute atomic E-state index is 5.66. The number of benzene rings is 2. The molecule has 0 aliphatic rings. The Bertz CT molecular complexity index is 624. The molecule has 2 aromatic rings. The van der Waals surface area contributed by atoms with Gasteiger partial charge in [-0.2, -0.15) is 5.10 Å². The Balaban J connectivity index is 1.92. The minimum atomic E-state index is 0.163. The maximum Gasteiger partial charge on any atom is 0.123 e. The van der Waals surface area contributed by atoms with Crippen LogP contribution in [0.1, 0.15) is 25.0 Å². The minimum Gasteiger partial charge on any atom is -0.496 e. The quantitative estimate of drug-likeness (QED) is 0.627. The summed E-state index contributed by atoms with van der Waals surface area (Å²) in [5.41, 5.74) is 5.09. The van der Waals surface area contributed by atoms with Gasteiger partial charge in [0.15, 0.2) is 0 Å². The monoisotopic (exact) mass is 298 g/mol. The number of methoxy groups -OCH3 is 1. The largest absolute Gasteiger partial charge is 0.496 e. The molecule has 0 heterocycles. The van der Waals surface area contributed by atoms with Gasteiger partial charge in [-0.25, -0.2) is 0 Å². The van der Waals surface area contributed by atoms with Crippen molar-refractivity contribution in [3.63, 3.8) is 0 Å². The molecule has 0 fully saturated rings. The van der Waals surface area contributed by atoms with Crippen molar-refractivity contribution in [3.8, 4) is 11.5 Å². The van der Waals surface area contributed by atoms with Gasteiger partial charge in [-0.05, 0) is 37.6 Å². The highest BCUT2D eigenvalue weighted by atomic mass is 16.5. The molecule has 1 N–H and O–H groups in total. The highest BCUT2D eigenvalue weighted by Gasteiger charge is 2.00. The van der Waals surface area contributed by atoms with Crippen LogP contribution in [0.2, 0.25) is 0 Å². The summed E-state index contributed by atoms with van der Waals surface area (Å²) in [7, 11) is 1.67. The normalized spacial score (nSPS) is 10.9. The number of hydrogen-bond donors (Lipinski definition) is 1. The van der Waals surface area contributed by atoms with Crippen LogP contribution in [0.4, 0.5) is 0 Å². The second kappa shape index (κ2) is 8.08. The number of rotatable bonds is 7. The van der Waals surface area contributed by atoms with Crippen LogP contribution >= 0.6 is 0 Å². The van der Waals surface area contributed by atoms with Crippen molar-refractivity contribution in [1.82, 2.24) is 5.43 Å². The van der Waals surface area contributed by atoms with E-state index in [9.17, 15) is 0 Å². The molecule has 22 heavy (non-hydrogen) atoms. The molecule has 0 bridgehead atoms. The van der Waals surface area contributed by atoms with E-state index in [1.807, 2.05) is 62.4 Å². The summed E-state index contributed by atoms with van der Waals surface area (Å²) >= 11 is 0. The lowest BCUT2D eigenvalue weighted by molar-refractivity contribution is 0.242. The standard InChI is InChI=1S/C18H22N2O2/c1-14(2)22-17-9-6-7-15(11-17)12-19-20-13-16-8-4-5-10-18(16)21-3/h4-12,14,20H,13H2,1-3H3/b19-12-. The number of para-hydroxylation sites is 1. The Kier molecular flexibility index (Phi) is 5.83. The second-order valence-electron chi connectivity index (χ2n) is 5.14. The molecule has 4 nitrogen and oxygen atoms in total. The predicted octanol–water partition coefficient (Wildman–Crippen LogP) is 3.61. The molecule has 0 aromatic heterocycles. The molecule has 0 amide bonds. The Labute approximate surface area is 131 Å². The molecule has 0 aliphatic carbocycles. The number of nitrogens with one attached hydrogen (secondary N) is 1. The fourth-order valence-corrected chi connectivity index (χ4v) is 2.04. The Morgan fingerprint density at radius 2 is 1.95 bits per heavy atom. The van der Waals surface area contributed by atoms with Crippen molar-refractivity contribution in [3.05, 3.63) is 59.7 Å². The molecule has 0 radical (unpaired) electrons. The Morgan fingerprint density at radius 1 is 1.14 bits per heavy atom. The van der Waals surface area contributed by atoms with Crippen molar-refractivity contribution >= 4 is 6.21 Å². The summed E-state index contributed by atoms with van der Waals surface area (Å²) in [5, 5.41) is 4.25. The Hall–Kier alpha value is -2.49. The predicted molar refractivity (Wildman–Crippen MR) is 89.6 cm³/mol. The van der Waals surface area contributed by atoms with Crippen LogP contribution in [0.5, 0.6) is 11.5 Å². The number of hydrazone groups is 1. The third-order valence-electron chi connectivity index (χ3n) is 3.00. The van der Waals surface area contributed by atoms with E-state index in [4.69, 9.17) is 9.47 Å². The van der Waals surface area contributed by atoms with Gasteiger partial charge < -0.3 is 14.9 Å². The van der Waals surface area contributed by atoms with Crippen LogP contribution in [0, 0.1) is 0 Å². The highest BCUT2D eigenvalue weighted by Crippen LogP contribution is 2.16. The topological polar surface area (TPSA) is 42.8 Å². The van der Waals surface area contributed by atoms with Crippen LogP contribution < -0.4 is 14.9 Å². The van der Waals surface area contributed by atoms with Gasteiger partial charge in [-0.3, -0.25) is 0 Å². The number of ether oxygens (including phenoxy) is 2. The molecule has 0 saturated carbocycles. The molecule has 0 spiro atoms. The summed E-state index contributed by atoms with van der Waals surface area (Å²) in [6.45, 7) is 4.63. The van der Waals surface area contributed by atoms with Crippen LogP contribution in [0.15, 0.2) is 53.6 Å². The number of nitrogens with zero attached hydrogens (tertiary/aromatic N) is 1. The van der Waals surface area contributed by atoms with Crippen molar-refractivity contribution in [2.75, 3.05) is 7.11 Å². The summed E-state index contributed by atoms with van der Waals surface area (Å²) < 4.78 is 11.0. The molecular formula is C18H22N2O2. The zero-order valence-corrected chi connectivity index (χ0v) is 13.2. The van der Waals surface area contributed by atoms with E-state index < -0.39 is 0 Å². The van der Waals surface area contributed by atoms with Crippen LogP contribution in [-0.4, -0.2) is 19.4 Å². The second-order valence-corrected chi connectivity index (χ2v) is 5.14. The SMILES string of the molecule is COc1ccccc1CN/N=C\c1cccc(OC(C)C)c1. The van der Waals surface area contributed by atoms with Gasteiger partial charge in [0.1, 0.15) is 11.5 Å². The average Bonchev–Trinajstić information content (AvgIpc) is 2.51. The molecule has 0 aliphatic heterocycles. The highest BCUT2D eigenvalue weighted by molar-refractivity contribution is 5.79. The van der Waals surface area contributed by atoms with E-state index in [1.54, 1.807) is 13.3 Å². The Morgan fingerprint density at radius 3 is 2.73 bits per heavy atom. The van der Waals surface area contributed by atoms with E-state index in [1.165, 1.54) is 0 Å². The van der Waals surface area contributed by atoms with Gasteiger partial charge in [0, 0.05) is 5.56 Å². The smallest absolute Gasteiger partial charge is 0.123 e. The van der Waals surface area contributed by atoms with Gasteiger partial charge >= 0.3 is 0 Å². The van der Waals surface area contributed by atoms with E-state index >= 15 is 0 Å². The average molecular weight is 298 g/mol. The molecule has 0 atom stereocenters. The fraction of sp³-hybridized carbons (Fsp3) is 0.278. The van der Waals surface area contributed by atoms with Gasteiger partial charge in [-0.1, -0.05) is 30.3 Å². The molecule has 0 saturated heterocycles. The third-order valence-corrected chi connectivity index (χ3v) is 3.00. The van der Waals surface area contributed by atoms with Gasteiger partial charge in [-0.15, -0.1) is 0 Å². The van der Waals surface area contributed by atoms with Crippen LogP contribution in [-0.2, 0) is 6.54 Å². The van der Waals surface area contributed by atoms with Crippen molar-refractivity contribution in [1.29, 1.82) is 0 Å². The molecule has 2 rings (SSSR count). The lowest BCUT2D eigenvalue weighted by Crippen LogP contribution is -2.07. The zero-order valence-electron chi connectivity index (χ0n) is 13.2. The molecule has 2 aromatic carbocycles. The van der Waals surface area contributed by atoms with Gasteiger partial charge in [0.05, 0.1) is 26.0 Å². The van der Waals surface area contributed by atoms with Crippen molar-refractivity contribution < 1.29 is 9.47 Å². The van der Waals surface area contributed by atoms with Gasteiger partial charge in [0.25, 0.3) is 0 Å². The summed E-state index contributed by atoms with van der Waals surface area (Å²) in [6, 6.07) is 15.7.